The van der Waals surface area contributed by atoms with Crippen LogP contribution in [0, 0.1) is 0 Å². The van der Waals surface area contributed by atoms with Crippen molar-refractivity contribution in [1.82, 2.24) is 39.0 Å². The fraction of sp³-hybridized carbons (Fsp3) is 0.652. The number of carbonyl (C=O) groups is 2. The van der Waals surface area contributed by atoms with Gasteiger partial charge in [-0.1, -0.05) is 64.2 Å². The van der Waals surface area contributed by atoms with Crippen LogP contribution in [0.25, 0.3) is 22.3 Å². The van der Waals surface area contributed by atoms with Crippen LogP contribution >= 0.6 is 0 Å². The van der Waals surface area contributed by atoms with Gasteiger partial charge in [0.25, 0.3) is 0 Å². The number of carbonyl (C=O) groups excluding carboxylic acids is 1. The predicted octanol–water partition coefficient (Wildman–Crippen LogP) is 14.3. The molecule has 0 radical (unpaired) electrons. The Morgan fingerprint density at radius 3 is 1.34 bits per heavy atom. The molecule has 0 amide bonds. The molecule has 24 heteroatoms. The molecular weight excluding hydrogens is 1190 g/mol. The van der Waals surface area contributed by atoms with Crippen molar-refractivity contribution in [3.63, 3.8) is 0 Å². The van der Waals surface area contributed by atoms with Crippen LogP contribution in [0.5, 0.6) is 11.5 Å². The van der Waals surface area contributed by atoms with Crippen molar-refractivity contribution < 1.29 is 52.7 Å². The molecule has 4 aliphatic heterocycles. The normalized spacial score (nSPS) is 20.6. The van der Waals surface area contributed by atoms with E-state index in [9.17, 15) is 9.59 Å². The summed E-state index contributed by atoms with van der Waals surface area (Å²) in [7, 11) is 0. The third kappa shape index (κ3) is 22.4. The molecule has 7 N–H and O–H groups in total. The summed E-state index contributed by atoms with van der Waals surface area (Å²) in [5.41, 5.74) is 4.90. The lowest BCUT2D eigenvalue weighted by Gasteiger charge is -2.25. The SMILES string of the molecule is NOC1CCCCO1.O=C(CCCCCCOc1ccc(Nc2nc(NC3CCCCC3)c3ncn(C4CCCCO4)c3n2)cc1)COC1CCCCO1.O=C(O)CCCCCCOc1ccc(Nc2nc(NC3CCCCC3)c3ncn(C4CCCCO4)c3n2)cc1. The molecule has 4 saturated heterocycles. The van der Waals surface area contributed by atoms with Crippen molar-refractivity contribution in [1.29, 1.82) is 0 Å². The second kappa shape index (κ2) is 37.9. The van der Waals surface area contributed by atoms with Gasteiger partial charge in [0.2, 0.25) is 11.9 Å². The van der Waals surface area contributed by atoms with E-state index >= 15 is 0 Å². The zero-order valence-corrected chi connectivity index (χ0v) is 54.5. The summed E-state index contributed by atoms with van der Waals surface area (Å²) in [5, 5.41) is 22.8. The van der Waals surface area contributed by atoms with Gasteiger partial charge in [-0.2, -0.15) is 19.9 Å². The van der Waals surface area contributed by atoms with Crippen molar-refractivity contribution in [2.24, 2.45) is 5.90 Å². The molecule has 4 atom stereocenters. The summed E-state index contributed by atoms with van der Waals surface area (Å²) in [4.78, 5) is 56.1. The number of nitrogens with two attached hydrogens (primary N) is 1. The molecular formula is C69H101N13O11. The third-order valence-corrected chi connectivity index (χ3v) is 17.9. The second-order valence-corrected chi connectivity index (χ2v) is 25.3. The van der Waals surface area contributed by atoms with Crippen LogP contribution in [-0.2, 0) is 38.1 Å². The van der Waals surface area contributed by atoms with Gasteiger partial charge in [0.05, 0.1) is 25.9 Å². The number of unbranched alkanes of at least 4 members (excludes halogenated alkanes) is 6. The molecule has 2 aromatic carbocycles. The molecule has 2 aliphatic carbocycles. The smallest absolute Gasteiger partial charge is 0.303 e. The Morgan fingerprint density at radius 2 is 0.925 bits per heavy atom. The lowest BCUT2D eigenvalue weighted by molar-refractivity contribution is -0.169. The average Bonchev–Trinajstić information content (AvgIpc) is 1.74. The first-order valence-corrected chi connectivity index (χ1v) is 35.0. The summed E-state index contributed by atoms with van der Waals surface area (Å²) in [6.45, 7) is 4.47. The first kappa shape index (κ1) is 69.0. The summed E-state index contributed by atoms with van der Waals surface area (Å²) >= 11 is 0. The molecule has 12 rings (SSSR count). The van der Waals surface area contributed by atoms with Gasteiger partial charge < -0.3 is 59.5 Å². The number of ketones is 1. The van der Waals surface area contributed by atoms with E-state index in [-0.39, 0.29) is 43.8 Å². The monoisotopic (exact) mass is 1290 g/mol. The number of carboxylic acids is 1. The molecule has 0 bridgehead atoms. The second-order valence-electron chi connectivity index (χ2n) is 25.3. The van der Waals surface area contributed by atoms with Gasteiger partial charge >= 0.3 is 5.97 Å². The number of nitrogens with zero attached hydrogens (tertiary/aromatic N) is 8. The van der Waals surface area contributed by atoms with E-state index in [0.29, 0.717) is 43.6 Å². The van der Waals surface area contributed by atoms with E-state index in [1.165, 1.54) is 44.9 Å². The van der Waals surface area contributed by atoms with Crippen LogP contribution in [0.15, 0.2) is 61.2 Å². The highest BCUT2D eigenvalue weighted by Crippen LogP contribution is 2.34. The number of rotatable bonds is 30. The molecule has 8 heterocycles. The molecule has 2 saturated carbocycles. The molecule has 6 aromatic rings. The van der Waals surface area contributed by atoms with Crippen molar-refractivity contribution in [3.8, 4) is 11.5 Å². The first-order valence-electron chi connectivity index (χ1n) is 35.0. The van der Waals surface area contributed by atoms with Gasteiger partial charge in [0.15, 0.2) is 52.3 Å². The Labute approximate surface area is 547 Å². The van der Waals surface area contributed by atoms with Crippen molar-refractivity contribution in [2.45, 2.75) is 243 Å². The van der Waals surface area contributed by atoms with E-state index in [2.05, 4.69) is 30.7 Å². The molecule has 6 fully saturated rings. The standard InChI is InChI=1S/C35H50N6O5.C29H40N6O4.C5H11NO2/c42-28(24-46-31-16-8-11-23-45-31)14-6-1-2-9-21-43-29-19-17-27(18-20-29)38-35-39-33(37-26-12-4-3-5-13-26)32-34(40-35)41(25-36-32)30-15-7-10-22-44-30;36-25(37)13-6-1-2-8-18-38-23-16-14-22(15-17-23)32-29-33-27(31-21-10-4-3-5-11-21)26-28(34-29)35(20-30-26)24-12-7-9-19-39-24;6-8-5-3-1-2-4-7-5/h17-20,25-26,30-31H,1-16,21-24H2,(H2,37,38,39,40);14-17,20-21,24H,1-13,18-19H2,(H,36,37)(H2,31,32,33,34);5H,1-4,6H2. The van der Waals surface area contributed by atoms with E-state index in [1.807, 2.05) is 65.8 Å². The molecule has 0 spiro atoms. The number of anilines is 6. The predicted molar refractivity (Wildman–Crippen MR) is 357 cm³/mol. The molecule has 508 valence electrons. The fourth-order valence-corrected chi connectivity index (χ4v) is 12.7. The van der Waals surface area contributed by atoms with E-state index < -0.39 is 5.97 Å². The van der Waals surface area contributed by atoms with Crippen LogP contribution in [0.2, 0.25) is 0 Å². The summed E-state index contributed by atoms with van der Waals surface area (Å²) in [6, 6.07) is 16.5. The number of imidazole rings is 2. The Bertz CT molecular complexity index is 3130. The quantitative estimate of drug-likeness (QED) is 0.0180. The van der Waals surface area contributed by atoms with Crippen molar-refractivity contribution in [2.75, 3.05) is 67.5 Å². The van der Waals surface area contributed by atoms with Crippen molar-refractivity contribution >= 4 is 69.0 Å². The minimum atomic E-state index is -0.731. The highest BCUT2D eigenvalue weighted by molar-refractivity contribution is 5.86. The number of aromatic nitrogens is 8. The van der Waals surface area contributed by atoms with Crippen LogP contribution in [0.3, 0.4) is 0 Å². The highest BCUT2D eigenvalue weighted by atomic mass is 16.7. The zero-order chi connectivity index (χ0) is 64.1. The maximum atomic E-state index is 12.1. The van der Waals surface area contributed by atoms with Crippen LogP contribution in [0.4, 0.5) is 34.9 Å². The van der Waals surface area contributed by atoms with E-state index in [0.717, 1.165) is 231 Å². The van der Waals surface area contributed by atoms with Gasteiger partial charge in [-0.3, -0.25) is 23.6 Å². The maximum Gasteiger partial charge on any atom is 0.303 e. The number of benzene rings is 2. The van der Waals surface area contributed by atoms with Crippen molar-refractivity contribution in [3.05, 3.63) is 61.2 Å². The van der Waals surface area contributed by atoms with Gasteiger partial charge in [-0.25, -0.2) is 15.9 Å². The van der Waals surface area contributed by atoms with Gasteiger partial charge in [0, 0.05) is 69.1 Å². The minimum absolute atomic E-state index is 0.0518. The zero-order valence-electron chi connectivity index (χ0n) is 54.5. The Hall–Kier alpha value is -6.80. The summed E-state index contributed by atoms with van der Waals surface area (Å²) < 4.78 is 44.3. The Morgan fingerprint density at radius 1 is 0.495 bits per heavy atom. The number of ether oxygens (including phenoxy) is 7. The molecule has 6 aliphatic rings. The summed E-state index contributed by atoms with van der Waals surface area (Å²) in [5.74, 6) is 8.53. The highest BCUT2D eigenvalue weighted by Gasteiger charge is 2.26. The first-order chi connectivity index (χ1) is 45.8. The van der Waals surface area contributed by atoms with E-state index in [1.54, 1.807) is 0 Å². The van der Waals surface area contributed by atoms with Crippen LogP contribution in [0.1, 0.15) is 218 Å². The molecule has 4 aromatic heterocycles. The molecule has 4 unspecified atom stereocenters. The third-order valence-electron chi connectivity index (χ3n) is 17.9. The number of carboxylic acid groups (broad SMARTS) is 1. The summed E-state index contributed by atoms with van der Waals surface area (Å²) in [6.07, 6.45) is 36.2. The van der Waals surface area contributed by atoms with Gasteiger partial charge in [-0.05, 0) is 171 Å². The fourth-order valence-electron chi connectivity index (χ4n) is 12.7. The Balaban J connectivity index is 0.000000183. The largest absolute Gasteiger partial charge is 0.494 e. The number of hydrogen-bond donors (Lipinski definition) is 6. The van der Waals surface area contributed by atoms with Crippen LogP contribution < -0.4 is 36.6 Å². The minimum Gasteiger partial charge on any atom is -0.494 e. The lowest BCUT2D eigenvalue weighted by atomic mass is 9.95. The van der Waals surface area contributed by atoms with Gasteiger partial charge in [-0.15, -0.1) is 0 Å². The average molecular weight is 1290 g/mol. The number of fused-ring (bicyclic) bond motifs is 2. The van der Waals surface area contributed by atoms with E-state index in [4.69, 9.17) is 74.1 Å². The van der Waals surface area contributed by atoms with Gasteiger partial charge in [0.1, 0.15) is 30.6 Å². The number of hydrogen-bond acceptors (Lipinski definition) is 21. The topological polar surface area (TPSA) is 290 Å². The number of nitrogens with one attached hydrogen (secondary N) is 4. The van der Waals surface area contributed by atoms with Crippen LogP contribution in [-0.4, -0.2) is 127 Å². The molecule has 93 heavy (non-hydrogen) atoms. The lowest BCUT2D eigenvalue weighted by Crippen LogP contribution is -2.25. The number of Topliss-reactive ketones (excluding diaryl/α,β-unsaturated/α-hetero) is 1. The molecule has 24 nitrogen and oxygen atoms in total. The maximum absolute atomic E-state index is 12.1. The Kier molecular flexibility index (Phi) is 28.2. The number of aliphatic carboxylic acids is 1.